The molecule has 1 aromatic rings. The van der Waals surface area contributed by atoms with Crippen molar-refractivity contribution in [1.82, 2.24) is 0 Å². The minimum Gasteiger partial charge on any atom is -0.508 e. The van der Waals surface area contributed by atoms with Gasteiger partial charge in [-0.1, -0.05) is 38.1 Å². The highest BCUT2D eigenvalue weighted by atomic mass is 16.3. The molecule has 0 saturated heterocycles. The van der Waals surface area contributed by atoms with Gasteiger partial charge in [-0.15, -0.1) is 0 Å². The van der Waals surface area contributed by atoms with Gasteiger partial charge in [0.05, 0.1) is 0 Å². The summed E-state index contributed by atoms with van der Waals surface area (Å²) in [5.74, 6) is 0.987. The molecule has 2 rings (SSSR count). The van der Waals surface area contributed by atoms with Crippen LogP contribution in [0.2, 0.25) is 0 Å². The fraction of sp³-hybridized carbons (Fsp3) is 0.529. The summed E-state index contributed by atoms with van der Waals surface area (Å²) in [6.07, 6.45) is 6.06. The molecule has 0 bridgehead atoms. The Labute approximate surface area is 111 Å². The molecule has 1 saturated carbocycles. The van der Waals surface area contributed by atoms with E-state index in [9.17, 15) is 5.11 Å². The number of allylic oxidation sites excluding steroid dienone is 1. The Bertz CT molecular complexity index is 414. The van der Waals surface area contributed by atoms with Gasteiger partial charge in [0.2, 0.25) is 0 Å². The Kier molecular flexibility index (Phi) is 3.79. The van der Waals surface area contributed by atoms with Crippen molar-refractivity contribution >= 4 is 0 Å². The third-order valence-electron chi connectivity index (χ3n) is 4.41. The zero-order valence-corrected chi connectivity index (χ0v) is 11.6. The van der Waals surface area contributed by atoms with Gasteiger partial charge in [0.25, 0.3) is 0 Å². The van der Waals surface area contributed by atoms with E-state index in [1.807, 2.05) is 12.1 Å². The summed E-state index contributed by atoms with van der Waals surface area (Å²) in [5.41, 5.74) is 3.14. The zero-order chi connectivity index (χ0) is 13.2. The zero-order valence-electron chi connectivity index (χ0n) is 11.6. The van der Waals surface area contributed by atoms with E-state index in [1.165, 1.54) is 36.8 Å². The maximum absolute atomic E-state index is 9.28. The predicted molar refractivity (Wildman–Crippen MR) is 76.7 cm³/mol. The van der Waals surface area contributed by atoms with E-state index in [0.717, 1.165) is 6.42 Å². The van der Waals surface area contributed by atoms with Gasteiger partial charge in [-0.2, -0.15) is 0 Å². The van der Waals surface area contributed by atoms with E-state index >= 15 is 0 Å². The van der Waals surface area contributed by atoms with Crippen LogP contribution in [-0.4, -0.2) is 5.11 Å². The van der Waals surface area contributed by atoms with E-state index < -0.39 is 0 Å². The molecular formula is C17H24O. The molecule has 0 spiro atoms. The molecule has 1 heteroatoms. The Morgan fingerprint density at radius 2 is 1.94 bits per heavy atom. The summed E-state index contributed by atoms with van der Waals surface area (Å²) < 4.78 is 0. The Morgan fingerprint density at radius 3 is 2.56 bits per heavy atom. The molecule has 0 aliphatic heterocycles. The van der Waals surface area contributed by atoms with Crippen LogP contribution in [0, 0.1) is 11.3 Å². The van der Waals surface area contributed by atoms with Gasteiger partial charge in [-0.3, -0.25) is 0 Å². The highest BCUT2D eigenvalue weighted by molar-refractivity contribution is 5.26. The van der Waals surface area contributed by atoms with Gasteiger partial charge in [-0.05, 0) is 61.1 Å². The first kappa shape index (κ1) is 13.2. The molecule has 18 heavy (non-hydrogen) atoms. The van der Waals surface area contributed by atoms with Crippen molar-refractivity contribution in [2.45, 2.75) is 46.0 Å². The molecule has 0 amide bonds. The van der Waals surface area contributed by atoms with Crippen LogP contribution in [-0.2, 0) is 6.42 Å². The predicted octanol–water partition coefficient (Wildman–Crippen LogP) is 4.71. The molecule has 1 aromatic carbocycles. The molecular weight excluding hydrogens is 220 g/mol. The van der Waals surface area contributed by atoms with E-state index in [2.05, 4.69) is 20.4 Å². The van der Waals surface area contributed by atoms with E-state index in [0.29, 0.717) is 17.1 Å². The molecule has 0 aromatic heterocycles. The molecule has 1 fully saturated rings. The highest BCUT2D eigenvalue weighted by Gasteiger charge is 2.33. The van der Waals surface area contributed by atoms with Crippen molar-refractivity contribution < 1.29 is 5.11 Å². The summed E-state index contributed by atoms with van der Waals surface area (Å²) >= 11 is 0. The average molecular weight is 244 g/mol. The van der Waals surface area contributed by atoms with Gasteiger partial charge in [-0.25, -0.2) is 0 Å². The van der Waals surface area contributed by atoms with Crippen LogP contribution in [0.5, 0.6) is 5.75 Å². The monoisotopic (exact) mass is 244 g/mol. The van der Waals surface area contributed by atoms with Gasteiger partial charge in [0.15, 0.2) is 0 Å². The van der Waals surface area contributed by atoms with Crippen LogP contribution in [0.25, 0.3) is 0 Å². The Balaban J connectivity index is 2.00. The second-order valence-electron chi connectivity index (χ2n) is 6.26. The van der Waals surface area contributed by atoms with Crippen LogP contribution in [0.4, 0.5) is 0 Å². The first-order chi connectivity index (χ1) is 8.49. The number of rotatable bonds is 3. The number of hydrogen-bond acceptors (Lipinski definition) is 1. The van der Waals surface area contributed by atoms with Crippen LogP contribution in [0.15, 0.2) is 36.4 Å². The third-order valence-corrected chi connectivity index (χ3v) is 4.41. The average Bonchev–Trinajstić information content (AvgIpc) is 2.30. The lowest BCUT2D eigenvalue weighted by atomic mass is 9.65. The van der Waals surface area contributed by atoms with Gasteiger partial charge < -0.3 is 5.11 Å². The number of phenolic OH excluding ortho intramolecular Hbond substituents is 1. The summed E-state index contributed by atoms with van der Waals surface area (Å²) in [6.45, 7) is 9.03. The van der Waals surface area contributed by atoms with Gasteiger partial charge in [0, 0.05) is 0 Å². The van der Waals surface area contributed by atoms with Crippen molar-refractivity contribution in [3.63, 3.8) is 0 Å². The summed E-state index contributed by atoms with van der Waals surface area (Å²) in [4.78, 5) is 0. The van der Waals surface area contributed by atoms with Crippen molar-refractivity contribution in [1.29, 1.82) is 0 Å². The molecule has 98 valence electrons. The second kappa shape index (κ2) is 5.17. The third kappa shape index (κ3) is 2.95. The topological polar surface area (TPSA) is 20.2 Å². The molecule has 1 atom stereocenters. The molecule has 1 aliphatic rings. The van der Waals surface area contributed by atoms with Crippen LogP contribution in [0.1, 0.15) is 45.1 Å². The van der Waals surface area contributed by atoms with E-state index in [4.69, 9.17) is 0 Å². The molecule has 0 radical (unpaired) electrons. The van der Waals surface area contributed by atoms with E-state index in [1.54, 1.807) is 12.1 Å². The first-order valence-corrected chi connectivity index (χ1v) is 6.94. The van der Waals surface area contributed by atoms with Crippen LogP contribution < -0.4 is 0 Å². The maximum Gasteiger partial charge on any atom is 0.115 e. The normalized spacial score (nSPS) is 23.0. The Hall–Kier alpha value is -1.24. The van der Waals surface area contributed by atoms with Crippen molar-refractivity contribution in [2.24, 2.45) is 11.3 Å². The van der Waals surface area contributed by atoms with Crippen molar-refractivity contribution in [3.8, 4) is 5.75 Å². The summed E-state index contributed by atoms with van der Waals surface area (Å²) in [5, 5.41) is 9.28. The molecule has 1 N–H and O–H groups in total. The van der Waals surface area contributed by atoms with Crippen LogP contribution in [0.3, 0.4) is 0 Å². The molecule has 1 aliphatic carbocycles. The second-order valence-corrected chi connectivity index (χ2v) is 6.26. The lowest BCUT2D eigenvalue weighted by Crippen LogP contribution is -2.29. The fourth-order valence-corrected chi connectivity index (χ4v) is 3.24. The number of aromatic hydroxyl groups is 1. The molecule has 1 nitrogen and oxygen atoms in total. The lowest BCUT2D eigenvalue weighted by molar-refractivity contribution is 0.180. The Morgan fingerprint density at radius 1 is 1.28 bits per heavy atom. The first-order valence-electron chi connectivity index (χ1n) is 6.94. The standard InChI is InChI=1S/C17H24O/c1-13-5-4-12-17(2,3)16(13)11-8-14-6-9-15(18)10-7-14/h6-7,9-10,16,18H,1,4-5,8,11-12H2,2-3H3/t16-/m1/s1. The van der Waals surface area contributed by atoms with E-state index in [-0.39, 0.29) is 0 Å². The highest BCUT2D eigenvalue weighted by Crippen LogP contribution is 2.45. The number of phenols is 1. The SMILES string of the molecule is C=C1CCCC(C)(C)[C@@H]1CCc1ccc(O)cc1. The molecule has 0 unspecified atom stereocenters. The van der Waals surface area contributed by atoms with Crippen LogP contribution >= 0.6 is 0 Å². The van der Waals surface area contributed by atoms with Crippen molar-refractivity contribution in [3.05, 3.63) is 42.0 Å². The minimum atomic E-state index is 0.348. The number of benzene rings is 1. The smallest absolute Gasteiger partial charge is 0.115 e. The number of aryl methyl sites for hydroxylation is 1. The largest absolute Gasteiger partial charge is 0.508 e. The summed E-state index contributed by atoms with van der Waals surface area (Å²) in [6, 6.07) is 7.59. The summed E-state index contributed by atoms with van der Waals surface area (Å²) in [7, 11) is 0. The quantitative estimate of drug-likeness (QED) is 0.764. The maximum atomic E-state index is 9.28. The number of hydrogen-bond donors (Lipinski definition) is 1. The minimum absolute atomic E-state index is 0.348. The molecule has 0 heterocycles. The van der Waals surface area contributed by atoms with Crippen molar-refractivity contribution in [2.75, 3.05) is 0 Å². The lowest BCUT2D eigenvalue weighted by Gasteiger charge is -2.40. The fourth-order valence-electron chi connectivity index (χ4n) is 3.24. The van der Waals surface area contributed by atoms with Gasteiger partial charge in [0.1, 0.15) is 5.75 Å². The van der Waals surface area contributed by atoms with Gasteiger partial charge >= 0.3 is 0 Å².